The number of rotatable bonds is 17. The lowest BCUT2D eigenvalue weighted by molar-refractivity contribution is -0.386. The number of hydrogen-bond donors (Lipinski definition) is 5. The van der Waals surface area contributed by atoms with Crippen LogP contribution in [-0.4, -0.2) is 114 Å². The van der Waals surface area contributed by atoms with E-state index in [0.29, 0.717) is 6.54 Å². The molecule has 0 aliphatic heterocycles. The predicted molar refractivity (Wildman–Crippen MR) is 305 cm³/mol. The number of nitro groups is 4. The molecule has 0 amide bonds. The molecule has 4 aromatic carbocycles. The van der Waals surface area contributed by atoms with Gasteiger partial charge in [0.2, 0.25) is 23.0 Å². The molecule has 7 aromatic rings. The minimum absolute atomic E-state index is 0.00843. The Labute approximate surface area is 495 Å². The number of carboxylic acids is 1. The van der Waals surface area contributed by atoms with Crippen molar-refractivity contribution < 1.29 is 83.2 Å². The number of carbonyl (C=O) groups excluding carboxylic acids is 1. The van der Waals surface area contributed by atoms with E-state index < -0.39 is 71.0 Å². The van der Waals surface area contributed by atoms with Gasteiger partial charge < -0.3 is 58.8 Å². The molecule has 0 saturated heterocycles. The number of nitriles is 2. The Hall–Kier alpha value is -12.7. The van der Waals surface area contributed by atoms with Crippen molar-refractivity contribution in [1.82, 2.24) is 15.0 Å². The van der Waals surface area contributed by atoms with E-state index in [0.717, 1.165) is 42.1 Å². The summed E-state index contributed by atoms with van der Waals surface area (Å²) in [6, 6.07) is 27.4. The molecule has 0 spiro atoms. The Morgan fingerprint density at radius 3 is 1.22 bits per heavy atom. The van der Waals surface area contributed by atoms with Gasteiger partial charge in [-0.05, 0) is 72.3 Å². The third-order valence-electron chi connectivity index (χ3n) is 10.8. The molecular formula is C55H45ClN10O21. The molecule has 5 N–H and O–H groups in total. The zero-order chi connectivity index (χ0) is 65.1. The molecule has 0 aliphatic rings. The van der Waals surface area contributed by atoms with Crippen molar-refractivity contribution in [3.05, 3.63) is 213 Å². The van der Waals surface area contributed by atoms with Gasteiger partial charge >= 0.3 is 28.7 Å². The minimum Gasteiger partial charge on any atom is -0.506 e. The molecule has 87 heavy (non-hydrogen) atoms. The number of aromatic carboxylic acids is 1. The molecule has 0 aliphatic carbocycles. The van der Waals surface area contributed by atoms with Gasteiger partial charge in [0, 0.05) is 59.5 Å². The summed E-state index contributed by atoms with van der Waals surface area (Å²) in [5, 5.41) is 109. The first-order chi connectivity index (χ1) is 41.4. The third kappa shape index (κ3) is 18.4. The normalized spacial score (nSPS) is 10.4. The van der Waals surface area contributed by atoms with Crippen LogP contribution in [0.4, 0.5) is 22.7 Å². The number of phenols is 2. The van der Waals surface area contributed by atoms with E-state index in [1.54, 1.807) is 42.6 Å². The largest absolute Gasteiger partial charge is 0.506 e. The number of ether oxygens (including phenoxy) is 6. The first kappa shape index (κ1) is 68.6. The van der Waals surface area contributed by atoms with Gasteiger partial charge in [0.15, 0.2) is 23.0 Å². The van der Waals surface area contributed by atoms with Gasteiger partial charge in [0.05, 0.1) is 79.3 Å². The predicted octanol–water partition coefficient (Wildman–Crippen LogP) is 10.1. The van der Waals surface area contributed by atoms with Crippen molar-refractivity contribution in [2.24, 2.45) is 0 Å². The molecule has 0 atom stereocenters. The van der Waals surface area contributed by atoms with Crippen molar-refractivity contribution in [3.8, 4) is 58.1 Å². The smallest absolute Gasteiger partial charge is 0.336 e. The van der Waals surface area contributed by atoms with E-state index in [1.165, 1.54) is 73.3 Å². The lowest BCUT2D eigenvalue weighted by Gasteiger charge is -2.11. The Bertz CT molecular complexity index is 3790. The summed E-state index contributed by atoms with van der Waals surface area (Å²) < 4.78 is 29.4. The SMILES string of the molecule is COc1cc(/C(O)=C(\C#N)c2ccccn2)cc([N+](=O)[O-])c1OC.COc1cc(C(=O)Cl)cc([N+](=O)[O-])c1OC.COc1cc(C(=O)O)cc([N+](=O)[O-])c1OC.N#C/C(=C(/O)c1cc(O)c(O)c([N+](=O)[O-])c1)c1ccccn1.[C-]#[N+]Cc1ccccn1. The lowest BCUT2D eigenvalue weighted by Crippen LogP contribution is -2.02. The van der Waals surface area contributed by atoms with E-state index in [2.05, 4.69) is 19.8 Å². The average Bonchev–Trinajstić information content (AvgIpc) is 2.53. The van der Waals surface area contributed by atoms with E-state index in [1.807, 2.05) is 24.3 Å². The number of aromatic nitrogens is 3. The number of hydrogen-bond acceptors (Lipinski definition) is 25. The number of carbonyl (C=O) groups is 2. The number of benzene rings is 4. The van der Waals surface area contributed by atoms with Crippen LogP contribution in [0.2, 0.25) is 0 Å². The number of allylic oxidation sites excluding steroid dienone is 2. The number of pyridine rings is 3. The van der Waals surface area contributed by atoms with Crippen molar-refractivity contribution in [1.29, 1.82) is 10.5 Å². The maximum atomic E-state index is 11.2. The number of carboxylic acid groups (broad SMARTS) is 1. The highest BCUT2D eigenvalue weighted by atomic mass is 35.5. The molecule has 0 radical (unpaired) electrons. The van der Waals surface area contributed by atoms with E-state index in [4.69, 9.17) is 57.0 Å². The van der Waals surface area contributed by atoms with Crippen molar-refractivity contribution in [2.75, 3.05) is 42.7 Å². The van der Waals surface area contributed by atoms with Crippen LogP contribution in [0.5, 0.6) is 46.0 Å². The molecule has 3 aromatic heterocycles. The second-order valence-corrected chi connectivity index (χ2v) is 16.2. The standard InChI is InChI=1S/C16H13N3O5.C14H9N3O5.C9H8ClNO5.C9H9NO6.C7H6N2/c1-23-14-8-10(7-13(19(21)22)16(14)24-2)15(20)11(9-17)12-5-3-4-6-18-12;15-7-9(10-3-1-2-4-16-10)13(19)8-5-11(17(21)22)14(20)12(18)6-8;1-15-7-4-5(9(10)12)3-6(11(13)14)8(7)16-2;1-15-7-4-5(9(11)12)3-6(10(13)14)8(7)16-2;1-8-6-7-4-2-3-5-9-7/h3-8,20H,1-2H3;1-6,18-20H;3-4H,1-2H3;3-4H,1-2H3,(H,11,12);2-5H,6H2/b15-11-;13-9-;;;. The van der Waals surface area contributed by atoms with E-state index in [9.17, 15) is 75.7 Å². The van der Waals surface area contributed by atoms with Crippen LogP contribution in [0, 0.1) is 69.7 Å². The Morgan fingerprint density at radius 2 is 0.897 bits per heavy atom. The fourth-order valence-corrected chi connectivity index (χ4v) is 6.95. The maximum Gasteiger partial charge on any atom is 0.336 e. The highest BCUT2D eigenvalue weighted by molar-refractivity contribution is 6.67. The van der Waals surface area contributed by atoms with Gasteiger partial charge in [-0.3, -0.25) is 60.2 Å². The highest BCUT2D eigenvalue weighted by Crippen LogP contribution is 2.42. The molecule has 3 heterocycles. The van der Waals surface area contributed by atoms with Crippen LogP contribution in [0.15, 0.2) is 122 Å². The number of aromatic hydroxyl groups is 2. The zero-order valence-electron chi connectivity index (χ0n) is 45.9. The van der Waals surface area contributed by atoms with Crippen molar-refractivity contribution in [3.63, 3.8) is 0 Å². The van der Waals surface area contributed by atoms with Gasteiger partial charge in [0.25, 0.3) is 11.8 Å². The fraction of sp³-hybridized carbons (Fsp3) is 0.127. The molecule has 448 valence electrons. The highest BCUT2D eigenvalue weighted by Gasteiger charge is 2.27. The summed E-state index contributed by atoms with van der Waals surface area (Å²) in [5.74, 6) is -4.08. The fourth-order valence-electron chi connectivity index (χ4n) is 6.84. The Balaban J connectivity index is 0.000000293. The van der Waals surface area contributed by atoms with Gasteiger partial charge in [-0.25, -0.2) is 11.4 Å². The van der Waals surface area contributed by atoms with Gasteiger partial charge in [-0.15, -0.1) is 0 Å². The quantitative estimate of drug-likeness (QED) is 0.0108. The van der Waals surface area contributed by atoms with E-state index >= 15 is 0 Å². The topological polar surface area (TPSA) is 454 Å². The van der Waals surface area contributed by atoms with E-state index in [-0.39, 0.29) is 85.0 Å². The monoisotopic (exact) mass is 1220 g/mol. The maximum absolute atomic E-state index is 11.2. The number of nitro benzene ring substituents is 4. The Morgan fingerprint density at radius 1 is 0.540 bits per heavy atom. The first-order valence-corrected chi connectivity index (χ1v) is 23.9. The second-order valence-electron chi connectivity index (χ2n) is 15.9. The average molecular weight is 1220 g/mol. The summed E-state index contributed by atoms with van der Waals surface area (Å²) in [4.78, 5) is 77.2. The van der Waals surface area contributed by atoms with Gasteiger partial charge in [-0.1, -0.05) is 18.2 Å². The summed E-state index contributed by atoms with van der Waals surface area (Å²) >= 11 is 5.25. The first-order valence-electron chi connectivity index (χ1n) is 23.5. The van der Waals surface area contributed by atoms with Gasteiger partial charge in [-0.2, -0.15) is 10.5 Å². The minimum atomic E-state index is -1.27. The molecule has 7 rings (SSSR count). The Kier molecular flexibility index (Phi) is 26.2. The zero-order valence-corrected chi connectivity index (χ0v) is 46.6. The molecular weight excluding hydrogens is 1170 g/mol. The molecule has 32 heteroatoms. The number of nitrogens with zero attached hydrogens (tertiary/aromatic N) is 10. The number of phenolic OH excluding ortho intramolecular Hbond substituents is 2. The summed E-state index contributed by atoms with van der Waals surface area (Å²) in [6.45, 7) is 6.91. The third-order valence-corrected chi connectivity index (χ3v) is 11.0. The lowest BCUT2D eigenvalue weighted by atomic mass is 10.0. The molecule has 0 unspecified atom stereocenters. The molecule has 0 saturated carbocycles. The molecule has 0 bridgehead atoms. The van der Waals surface area contributed by atoms with Crippen molar-refractivity contribution in [2.45, 2.75) is 6.54 Å². The van der Waals surface area contributed by atoms with Crippen LogP contribution in [0.3, 0.4) is 0 Å². The van der Waals surface area contributed by atoms with Crippen molar-refractivity contribution >= 4 is 68.2 Å². The summed E-state index contributed by atoms with van der Waals surface area (Å²) in [6.07, 6.45) is 4.58. The number of aliphatic hydroxyl groups is 2. The van der Waals surface area contributed by atoms with Crippen LogP contribution in [0.25, 0.3) is 27.5 Å². The second kappa shape index (κ2) is 33.3. The summed E-state index contributed by atoms with van der Waals surface area (Å²) in [5.41, 5.74) is -1.49. The number of aliphatic hydroxyl groups excluding tert-OH is 2. The van der Waals surface area contributed by atoms with Crippen LogP contribution in [-0.2, 0) is 6.54 Å². The molecule has 0 fully saturated rings. The van der Waals surface area contributed by atoms with Gasteiger partial charge in [0.1, 0.15) is 40.5 Å². The van der Waals surface area contributed by atoms with Crippen LogP contribution >= 0.6 is 11.6 Å². The summed E-state index contributed by atoms with van der Waals surface area (Å²) in [7, 11) is 7.68. The number of methoxy groups -OCH3 is 6. The van der Waals surface area contributed by atoms with Crippen LogP contribution < -0.4 is 28.4 Å². The molecule has 31 nitrogen and oxygen atoms in total. The van der Waals surface area contributed by atoms with Crippen LogP contribution in [0.1, 0.15) is 48.9 Å². The number of halogens is 1.